The Kier molecular flexibility index (Phi) is 3.84. The van der Waals surface area contributed by atoms with Crippen LogP contribution in [0.5, 0.6) is 0 Å². The van der Waals surface area contributed by atoms with Gasteiger partial charge < -0.3 is 10.3 Å². The van der Waals surface area contributed by atoms with E-state index in [0.29, 0.717) is 13.1 Å². The van der Waals surface area contributed by atoms with Gasteiger partial charge in [-0.3, -0.25) is 9.78 Å². The van der Waals surface area contributed by atoms with Gasteiger partial charge in [0.15, 0.2) is 0 Å². The molecule has 0 aliphatic carbocycles. The molecule has 2 rings (SSSR count). The van der Waals surface area contributed by atoms with E-state index >= 15 is 0 Å². The fourth-order valence-electron chi connectivity index (χ4n) is 1.71. The lowest BCUT2D eigenvalue weighted by atomic mass is 10.0. The Labute approximate surface area is 112 Å². The van der Waals surface area contributed by atoms with Crippen LogP contribution in [-0.4, -0.2) is 26.9 Å². The highest BCUT2D eigenvalue weighted by Gasteiger charge is 2.35. The SMILES string of the molecule is NCCn1cnc(C(=O)c2cnccc2C(F)(F)F)c1. The molecule has 0 aliphatic heterocycles. The van der Waals surface area contributed by atoms with Crippen molar-refractivity contribution in [3.05, 3.63) is 47.8 Å². The minimum atomic E-state index is -4.62. The number of hydrogen-bond acceptors (Lipinski definition) is 4. The molecule has 0 unspecified atom stereocenters. The molecule has 2 aromatic rings. The Hall–Kier alpha value is -2.22. The summed E-state index contributed by atoms with van der Waals surface area (Å²) in [5.41, 5.74) is 3.74. The molecule has 0 saturated heterocycles. The lowest BCUT2D eigenvalue weighted by molar-refractivity contribution is -0.137. The van der Waals surface area contributed by atoms with Gasteiger partial charge in [-0.05, 0) is 6.07 Å². The van der Waals surface area contributed by atoms with Crippen molar-refractivity contribution in [1.29, 1.82) is 0 Å². The molecule has 2 aromatic heterocycles. The lowest BCUT2D eigenvalue weighted by Gasteiger charge is -2.10. The number of nitrogens with two attached hydrogens (primary N) is 1. The maximum atomic E-state index is 12.8. The summed E-state index contributed by atoms with van der Waals surface area (Å²) in [6.07, 6.45) is -0.0143. The van der Waals surface area contributed by atoms with Gasteiger partial charge >= 0.3 is 6.18 Å². The fraction of sp³-hybridized carbons (Fsp3) is 0.250. The number of carbonyl (C=O) groups is 1. The van der Waals surface area contributed by atoms with E-state index in [4.69, 9.17) is 5.73 Å². The van der Waals surface area contributed by atoms with Gasteiger partial charge in [0.1, 0.15) is 5.69 Å². The summed E-state index contributed by atoms with van der Waals surface area (Å²) >= 11 is 0. The van der Waals surface area contributed by atoms with Crippen molar-refractivity contribution in [2.75, 3.05) is 6.54 Å². The Morgan fingerprint density at radius 3 is 2.80 bits per heavy atom. The average Bonchev–Trinajstić information content (AvgIpc) is 2.86. The standard InChI is InChI=1S/C12H11F3N4O/c13-12(14,15)9-1-3-17-5-8(9)11(20)10-6-19(4-2-16)7-18-10/h1,3,5-7H,2,4,16H2. The lowest BCUT2D eigenvalue weighted by Crippen LogP contribution is -2.14. The van der Waals surface area contributed by atoms with Crippen molar-refractivity contribution in [2.45, 2.75) is 12.7 Å². The minimum Gasteiger partial charge on any atom is -0.335 e. The molecule has 0 spiro atoms. The number of ketones is 1. The predicted molar refractivity (Wildman–Crippen MR) is 64.0 cm³/mol. The van der Waals surface area contributed by atoms with E-state index in [1.807, 2.05) is 0 Å². The van der Waals surface area contributed by atoms with Crippen LogP contribution >= 0.6 is 0 Å². The number of pyridine rings is 1. The van der Waals surface area contributed by atoms with Crippen LogP contribution in [0.4, 0.5) is 13.2 Å². The van der Waals surface area contributed by atoms with Crippen LogP contribution in [0.2, 0.25) is 0 Å². The molecule has 106 valence electrons. The van der Waals surface area contributed by atoms with Gasteiger partial charge in [0.2, 0.25) is 5.78 Å². The van der Waals surface area contributed by atoms with E-state index in [0.717, 1.165) is 18.5 Å². The molecule has 2 N–H and O–H groups in total. The fourth-order valence-corrected chi connectivity index (χ4v) is 1.71. The molecular weight excluding hydrogens is 273 g/mol. The maximum Gasteiger partial charge on any atom is 0.417 e. The molecule has 0 saturated carbocycles. The predicted octanol–water partition coefficient (Wildman–Crippen LogP) is 1.49. The summed E-state index contributed by atoms with van der Waals surface area (Å²) in [5.74, 6) is -0.818. The Morgan fingerprint density at radius 1 is 1.40 bits per heavy atom. The highest BCUT2D eigenvalue weighted by Crippen LogP contribution is 2.32. The van der Waals surface area contributed by atoms with Crippen LogP contribution in [0.1, 0.15) is 21.6 Å². The number of nitrogens with zero attached hydrogens (tertiary/aromatic N) is 3. The van der Waals surface area contributed by atoms with Crippen molar-refractivity contribution < 1.29 is 18.0 Å². The van der Waals surface area contributed by atoms with E-state index in [1.54, 1.807) is 0 Å². The van der Waals surface area contributed by atoms with E-state index in [1.165, 1.54) is 17.1 Å². The van der Waals surface area contributed by atoms with Crippen LogP contribution in [0.3, 0.4) is 0 Å². The van der Waals surface area contributed by atoms with Crippen LogP contribution in [0.25, 0.3) is 0 Å². The highest BCUT2D eigenvalue weighted by molar-refractivity contribution is 6.08. The molecule has 8 heteroatoms. The van der Waals surface area contributed by atoms with Gasteiger partial charge in [-0.25, -0.2) is 4.98 Å². The first-order chi connectivity index (χ1) is 9.43. The quantitative estimate of drug-likeness (QED) is 0.863. The molecule has 2 heterocycles. The third-order valence-corrected chi connectivity index (χ3v) is 2.62. The molecule has 0 radical (unpaired) electrons. The van der Waals surface area contributed by atoms with Gasteiger partial charge in [-0.1, -0.05) is 0 Å². The second kappa shape index (κ2) is 5.41. The Balaban J connectivity index is 2.38. The highest BCUT2D eigenvalue weighted by atomic mass is 19.4. The maximum absolute atomic E-state index is 12.8. The number of alkyl halides is 3. The number of imidazole rings is 1. The summed E-state index contributed by atoms with van der Waals surface area (Å²) in [5, 5.41) is 0. The summed E-state index contributed by atoms with van der Waals surface area (Å²) in [7, 11) is 0. The third kappa shape index (κ3) is 2.85. The van der Waals surface area contributed by atoms with Crippen molar-refractivity contribution in [3.63, 3.8) is 0 Å². The van der Waals surface area contributed by atoms with Crippen molar-refractivity contribution in [3.8, 4) is 0 Å². The minimum absolute atomic E-state index is 0.0723. The van der Waals surface area contributed by atoms with Crippen LogP contribution in [-0.2, 0) is 12.7 Å². The summed E-state index contributed by atoms with van der Waals surface area (Å²) in [4.78, 5) is 19.5. The van der Waals surface area contributed by atoms with E-state index in [9.17, 15) is 18.0 Å². The Morgan fingerprint density at radius 2 is 2.15 bits per heavy atom. The van der Waals surface area contributed by atoms with Crippen molar-refractivity contribution in [2.24, 2.45) is 5.73 Å². The molecule has 0 aromatic carbocycles. The molecule has 0 atom stereocenters. The normalized spacial score (nSPS) is 11.6. The van der Waals surface area contributed by atoms with Crippen molar-refractivity contribution >= 4 is 5.78 Å². The number of halogens is 3. The first-order valence-corrected chi connectivity index (χ1v) is 5.71. The smallest absolute Gasteiger partial charge is 0.335 e. The summed E-state index contributed by atoms with van der Waals surface area (Å²) in [6, 6.07) is 0.768. The van der Waals surface area contributed by atoms with Crippen LogP contribution < -0.4 is 5.73 Å². The topological polar surface area (TPSA) is 73.8 Å². The number of aromatic nitrogens is 3. The largest absolute Gasteiger partial charge is 0.417 e. The van der Waals surface area contributed by atoms with E-state index in [2.05, 4.69) is 9.97 Å². The van der Waals surface area contributed by atoms with Gasteiger partial charge in [0, 0.05) is 31.7 Å². The number of rotatable bonds is 4. The molecule has 0 aliphatic rings. The number of carbonyl (C=O) groups excluding carboxylic acids is 1. The molecular formula is C12H11F3N4O. The van der Waals surface area contributed by atoms with Crippen LogP contribution in [0.15, 0.2) is 31.0 Å². The van der Waals surface area contributed by atoms with Gasteiger partial charge in [0.05, 0.1) is 17.5 Å². The van der Waals surface area contributed by atoms with E-state index < -0.39 is 23.1 Å². The van der Waals surface area contributed by atoms with E-state index in [-0.39, 0.29) is 5.69 Å². The molecule has 5 nitrogen and oxygen atoms in total. The summed E-state index contributed by atoms with van der Waals surface area (Å²) in [6.45, 7) is 0.768. The first-order valence-electron chi connectivity index (χ1n) is 5.71. The molecule has 0 amide bonds. The van der Waals surface area contributed by atoms with Crippen molar-refractivity contribution in [1.82, 2.24) is 14.5 Å². The first kappa shape index (κ1) is 14.2. The Bertz CT molecular complexity index is 621. The average molecular weight is 284 g/mol. The second-order valence-electron chi connectivity index (χ2n) is 4.03. The zero-order chi connectivity index (χ0) is 14.8. The summed E-state index contributed by atoms with van der Waals surface area (Å²) < 4.78 is 40.0. The zero-order valence-corrected chi connectivity index (χ0v) is 10.3. The van der Waals surface area contributed by atoms with Gasteiger partial charge in [-0.2, -0.15) is 13.2 Å². The number of hydrogen-bond donors (Lipinski definition) is 1. The molecule has 0 fully saturated rings. The molecule has 20 heavy (non-hydrogen) atoms. The van der Waals surface area contributed by atoms with Gasteiger partial charge in [-0.15, -0.1) is 0 Å². The monoisotopic (exact) mass is 284 g/mol. The molecule has 0 bridgehead atoms. The van der Waals surface area contributed by atoms with Crippen LogP contribution in [0, 0.1) is 0 Å². The second-order valence-corrected chi connectivity index (χ2v) is 4.03. The van der Waals surface area contributed by atoms with Gasteiger partial charge in [0.25, 0.3) is 0 Å². The zero-order valence-electron chi connectivity index (χ0n) is 10.3. The third-order valence-electron chi connectivity index (χ3n) is 2.62.